The summed E-state index contributed by atoms with van der Waals surface area (Å²) in [4.78, 5) is 13.9. The number of amides is 1. The lowest BCUT2D eigenvalue weighted by Gasteiger charge is -2.23. The Morgan fingerprint density at radius 1 is 1.41 bits per heavy atom. The van der Waals surface area contributed by atoms with Crippen molar-refractivity contribution in [3.05, 3.63) is 33.8 Å². The quantitative estimate of drug-likeness (QED) is 0.900. The van der Waals surface area contributed by atoms with Gasteiger partial charge in [0.05, 0.1) is 28.3 Å². The summed E-state index contributed by atoms with van der Waals surface area (Å²) in [5.74, 6) is -0.197. The van der Waals surface area contributed by atoms with Gasteiger partial charge in [-0.25, -0.2) is 0 Å². The summed E-state index contributed by atoms with van der Waals surface area (Å²) in [6.07, 6.45) is 1.73. The first-order valence-corrected chi connectivity index (χ1v) is 6.26. The molecule has 0 aliphatic carbocycles. The molecule has 5 heteroatoms. The van der Waals surface area contributed by atoms with Crippen LogP contribution in [0.2, 0.25) is 10.0 Å². The Morgan fingerprint density at radius 2 is 2.06 bits per heavy atom. The minimum absolute atomic E-state index is 0.0200. The normalized spacial score (nSPS) is 19.7. The number of carbonyl (C=O) groups excluding carboxylic acids is 1. The van der Waals surface area contributed by atoms with Gasteiger partial charge in [0.1, 0.15) is 0 Å². The average molecular weight is 274 g/mol. The molecule has 0 unspecified atom stereocenters. The molecule has 1 aromatic rings. The fourth-order valence-electron chi connectivity index (χ4n) is 2.14. The Morgan fingerprint density at radius 3 is 2.65 bits per heavy atom. The van der Waals surface area contributed by atoms with E-state index in [4.69, 9.17) is 23.2 Å². The predicted octanol–water partition coefficient (Wildman–Crippen LogP) is 2.59. The maximum atomic E-state index is 12.3. The van der Waals surface area contributed by atoms with E-state index in [1.807, 2.05) is 0 Å². The minimum Gasteiger partial charge on any atom is -0.394 e. The van der Waals surface area contributed by atoms with Crippen molar-refractivity contribution in [3.8, 4) is 0 Å². The van der Waals surface area contributed by atoms with Crippen LogP contribution >= 0.6 is 23.2 Å². The van der Waals surface area contributed by atoms with Crippen LogP contribution in [0, 0.1) is 0 Å². The molecular weight excluding hydrogens is 261 g/mol. The number of aliphatic hydroxyl groups is 1. The molecule has 1 atom stereocenters. The van der Waals surface area contributed by atoms with Crippen molar-refractivity contribution in [2.75, 3.05) is 13.2 Å². The van der Waals surface area contributed by atoms with E-state index < -0.39 is 0 Å². The fourth-order valence-corrected chi connectivity index (χ4v) is 2.70. The van der Waals surface area contributed by atoms with E-state index in [2.05, 4.69) is 0 Å². The molecule has 1 aromatic carbocycles. The van der Waals surface area contributed by atoms with E-state index in [-0.39, 0.29) is 18.6 Å². The Hall–Kier alpha value is -0.770. The van der Waals surface area contributed by atoms with Crippen LogP contribution in [0.5, 0.6) is 0 Å². The molecule has 1 saturated heterocycles. The third kappa shape index (κ3) is 2.41. The van der Waals surface area contributed by atoms with E-state index in [1.54, 1.807) is 23.1 Å². The molecule has 0 saturated carbocycles. The van der Waals surface area contributed by atoms with E-state index >= 15 is 0 Å². The smallest absolute Gasteiger partial charge is 0.257 e. The van der Waals surface area contributed by atoms with E-state index in [1.165, 1.54) is 0 Å². The van der Waals surface area contributed by atoms with Crippen molar-refractivity contribution in [1.29, 1.82) is 0 Å². The first-order valence-electron chi connectivity index (χ1n) is 5.51. The zero-order valence-corrected chi connectivity index (χ0v) is 10.7. The van der Waals surface area contributed by atoms with Crippen LogP contribution in [0.25, 0.3) is 0 Å². The van der Waals surface area contributed by atoms with Crippen LogP contribution in [0.4, 0.5) is 0 Å². The number of hydrogen-bond donors (Lipinski definition) is 1. The third-order valence-electron chi connectivity index (χ3n) is 3.03. The van der Waals surface area contributed by atoms with Gasteiger partial charge in [0.2, 0.25) is 0 Å². The average Bonchev–Trinajstić information content (AvgIpc) is 2.76. The lowest BCUT2D eigenvalue weighted by atomic mass is 10.1. The van der Waals surface area contributed by atoms with Crippen molar-refractivity contribution in [1.82, 2.24) is 4.90 Å². The zero-order chi connectivity index (χ0) is 12.4. The second-order valence-electron chi connectivity index (χ2n) is 4.07. The van der Waals surface area contributed by atoms with Crippen LogP contribution < -0.4 is 0 Å². The van der Waals surface area contributed by atoms with Crippen LogP contribution in [0.1, 0.15) is 23.2 Å². The number of benzene rings is 1. The SMILES string of the molecule is O=C(c1c(Cl)cccc1Cl)N1CCC[C@H]1CO. The van der Waals surface area contributed by atoms with Gasteiger partial charge in [-0.1, -0.05) is 29.3 Å². The van der Waals surface area contributed by atoms with Gasteiger partial charge < -0.3 is 10.0 Å². The number of aliphatic hydroxyl groups excluding tert-OH is 1. The van der Waals surface area contributed by atoms with Crippen LogP contribution in [0.15, 0.2) is 18.2 Å². The van der Waals surface area contributed by atoms with Crippen molar-refractivity contribution in [2.45, 2.75) is 18.9 Å². The van der Waals surface area contributed by atoms with Gasteiger partial charge >= 0.3 is 0 Å². The summed E-state index contributed by atoms with van der Waals surface area (Å²) in [7, 11) is 0. The highest BCUT2D eigenvalue weighted by Gasteiger charge is 2.30. The Kier molecular flexibility index (Phi) is 3.92. The molecule has 17 heavy (non-hydrogen) atoms. The maximum absolute atomic E-state index is 12.3. The molecule has 1 aliphatic rings. The molecule has 0 bridgehead atoms. The Balaban J connectivity index is 2.31. The molecule has 1 fully saturated rings. The lowest BCUT2D eigenvalue weighted by molar-refractivity contribution is 0.0678. The van der Waals surface area contributed by atoms with Gasteiger partial charge in [-0.2, -0.15) is 0 Å². The fraction of sp³-hybridized carbons (Fsp3) is 0.417. The summed E-state index contributed by atoms with van der Waals surface area (Å²) >= 11 is 12.0. The van der Waals surface area contributed by atoms with Gasteiger partial charge in [0.15, 0.2) is 0 Å². The minimum atomic E-state index is -0.197. The third-order valence-corrected chi connectivity index (χ3v) is 3.66. The van der Waals surface area contributed by atoms with Gasteiger partial charge in [-0.3, -0.25) is 4.79 Å². The van der Waals surface area contributed by atoms with Crippen molar-refractivity contribution >= 4 is 29.1 Å². The summed E-state index contributed by atoms with van der Waals surface area (Å²) < 4.78 is 0. The molecule has 0 spiro atoms. The van der Waals surface area contributed by atoms with E-state index in [0.717, 1.165) is 12.8 Å². The maximum Gasteiger partial charge on any atom is 0.257 e. The second kappa shape index (κ2) is 5.25. The molecule has 1 amide bonds. The Labute approximate surface area is 110 Å². The number of hydrogen-bond acceptors (Lipinski definition) is 2. The molecule has 0 radical (unpaired) electrons. The number of likely N-dealkylation sites (tertiary alicyclic amines) is 1. The molecule has 2 rings (SSSR count). The molecule has 92 valence electrons. The molecule has 3 nitrogen and oxygen atoms in total. The number of halogens is 2. The largest absolute Gasteiger partial charge is 0.394 e. The lowest BCUT2D eigenvalue weighted by Crippen LogP contribution is -2.37. The molecule has 1 N–H and O–H groups in total. The second-order valence-corrected chi connectivity index (χ2v) is 4.89. The zero-order valence-electron chi connectivity index (χ0n) is 9.20. The van der Waals surface area contributed by atoms with Gasteiger partial charge in [-0.15, -0.1) is 0 Å². The standard InChI is InChI=1S/C12H13Cl2NO2/c13-9-4-1-5-10(14)11(9)12(17)15-6-2-3-8(15)7-16/h1,4-5,8,16H,2-3,6-7H2/t8-/m0/s1. The van der Waals surface area contributed by atoms with E-state index in [9.17, 15) is 9.90 Å². The van der Waals surface area contributed by atoms with E-state index in [0.29, 0.717) is 22.2 Å². The van der Waals surface area contributed by atoms with Crippen molar-refractivity contribution in [3.63, 3.8) is 0 Å². The highest BCUT2D eigenvalue weighted by Crippen LogP contribution is 2.28. The number of carbonyl (C=O) groups is 1. The highest BCUT2D eigenvalue weighted by molar-refractivity contribution is 6.39. The number of rotatable bonds is 2. The summed E-state index contributed by atoms with van der Waals surface area (Å²) in [6.45, 7) is 0.624. The summed E-state index contributed by atoms with van der Waals surface area (Å²) in [6, 6.07) is 4.87. The highest BCUT2D eigenvalue weighted by atomic mass is 35.5. The predicted molar refractivity (Wildman–Crippen MR) is 67.6 cm³/mol. The van der Waals surface area contributed by atoms with Gasteiger partial charge in [0.25, 0.3) is 5.91 Å². The van der Waals surface area contributed by atoms with Crippen LogP contribution in [-0.2, 0) is 0 Å². The Bertz CT molecular complexity index is 416. The summed E-state index contributed by atoms with van der Waals surface area (Å²) in [5, 5.41) is 9.92. The van der Waals surface area contributed by atoms with Crippen molar-refractivity contribution < 1.29 is 9.90 Å². The molecule has 1 heterocycles. The molecule has 1 aliphatic heterocycles. The monoisotopic (exact) mass is 273 g/mol. The van der Waals surface area contributed by atoms with Crippen molar-refractivity contribution in [2.24, 2.45) is 0 Å². The number of nitrogens with zero attached hydrogens (tertiary/aromatic N) is 1. The summed E-state index contributed by atoms with van der Waals surface area (Å²) in [5.41, 5.74) is 0.330. The van der Waals surface area contributed by atoms with Crippen LogP contribution in [-0.4, -0.2) is 35.1 Å². The van der Waals surface area contributed by atoms with Gasteiger partial charge in [0, 0.05) is 6.54 Å². The first kappa shape index (κ1) is 12.7. The van der Waals surface area contributed by atoms with Gasteiger partial charge in [-0.05, 0) is 25.0 Å². The molecule has 0 aromatic heterocycles. The van der Waals surface area contributed by atoms with Crippen LogP contribution in [0.3, 0.4) is 0 Å². The molecular formula is C12H13Cl2NO2. The topological polar surface area (TPSA) is 40.5 Å². The first-order chi connectivity index (χ1) is 8.15.